The van der Waals surface area contributed by atoms with Crippen LogP contribution in [0, 0.1) is 11.3 Å². The number of pyridine rings is 2. The predicted molar refractivity (Wildman–Crippen MR) is 134 cm³/mol. The van der Waals surface area contributed by atoms with Gasteiger partial charge in [-0.2, -0.15) is 5.26 Å². The minimum atomic E-state index is 0.215. The molecule has 4 aromatic rings. The highest BCUT2D eigenvalue weighted by Crippen LogP contribution is 2.38. The second kappa shape index (κ2) is 9.12. The van der Waals surface area contributed by atoms with Crippen LogP contribution in [0.25, 0.3) is 33.3 Å². The van der Waals surface area contributed by atoms with E-state index in [0.717, 1.165) is 52.1 Å². The predicted octanol–water partition coefficient (Wildman–Crippen LogP) is 5.46. The van der Waals surface area contributed by atoms with Crippen LogP contribution in [0.2, 0.25) is 0 Å². The minimum Gasteiger partial charge on any atom is -0.495 e. The normalized spacial score (nSPS) is 18.0. The van der Waals surface area contributed by atoms with Gasteiger partial charge in [-0.15, -0.1) is 0 Å². The average Bonchev–Trinajstić information content (AvgIpc) is 2.87. The van der Waals surface area contributed by atoms with Crippen LogP contribution >= 0.6 is 0 Å². The summed E-state index contributed by atoms with van der Waals surface area (Å²) in [5.41, 5.74) is 6.21. The number of rotatable bonds is 4. The molecular weight excluding hydrogens is 424 g/mol. The average molecular weight is 451 g/mol. The highest BCUT2D eigenvalue weighted by molar-refractivity contribution is 5.98. The molecule has 1 saturated heterocycles. The maximum atomic E-state index is 9.09. The number of nitrogens with zero attached hydrogens (tertiary/aromatic N) is 4. The Morgan fingerprint density at radius 3 is 2.26 bits per heavy atom. The van der Waals surface area contributed by atoms with E-state index < -0.39 is 0 Å². The van der Waals surface area contributed by atoms with E-state index in [2.05, 4.69) is 54.1 Å². The van der Waals surface area contributed by atoms with Crippen molar-refractivity contribution < 1.29 is 9.47 Å². The van der Waals surface area contributed by atoms with E-state index >= 15 is 0 Å². The lowest BCUT2D eigenvalue weighted by atomic mass is 10.0. The van der Waals surface area contributed by atoms with Gasteiger partial charge in [0.25, 0.3) is 0 Å². The monoisotopic (exact) mass is 450 g/mol. The number of hydrogen-bond acceptors (Lipinski definition) is 6. The molecule has 0 radical (unpaired) electrons. The Morgan fingerprint density at radius 2 is 1.62 bits per heavy atom. The second-order valence-electron chi connectivity index (χ2n) is 8.66. The largest absolute Gasteiger partial charge is 0.495 e. The Kier molecular flexibility index (Phi) is 5.87. The fourth-order valence-electron chi connectivity index (χ4n) is 4.68. The van der Waals surface area contributed by atoms with Crippen molar-refractivity contribution >= 4 is 16.6 Å². The third-order valence-electron chi connectivity index (χ3n) is 6.19. The topological polar surface area (TPSA) is 71.3 Å². The summed E-state index contributed by atoms with van der Waals surface area (Å²) in [5, 5.41) is 9.99. The molecule has 0 spiro atoms. The molecule has 6 nitrogen and oxygen atoms in total. The number of fused-ring (bicyclic) bond motifs is 1. The van der Waals surface area contributed by atoms with Crippen LogP contribution in [-0.2, 0) is 4.74 Å². The summed E-state index contributed by atoms with van der Waals surface area (Å²) in [6.07, 6.45) is 4.05. The van der Waals surface area contributed by atoms with Crippen molar-refractivity contribution in [3.8, 4) is 34.2 Å². The first kappa shape index (κ1) is 21.9. The van der Waals surface area contributed by atoms with Crippen LogP contribution in [-0.4, -0.2) is 42.4 Å². The fourth-order valence-corrected chi connectivity index (χ4v) is 4.68. The minimum absolute atomic E-state index is 0.215. The van der Waals surface area contributed by atoms with Crippen molar-refractivity contribution in [1.29, 1.82) is 5.26 Å². The van der Waals surface area contributed by atoms with E-state index in [0.29, 0.717) is 5.56 Å². The van der Waals surface area contributed by atoms with Crippen molar-refractivity contribution in [2.24, 2.45) is 0 Å². The van der Waals surface area contributed by atoms with Gasteiger partial charge in [-0.1, -0.05) is 24.3 Å². The van der Waals surface area contributed by atoms with Crippen molar-refractivity contribution in [3.05, 3.63) is 72.6 Å². The maximum absolute atomic E-state index is 9.09. The molecule has 0 N–H and O–H groups in total. The number of ether oxygens (including phenoxy) is 2. The number of aromatic nitrogens is 2. The Labute approximate surface area is 199 Å². The molecule has 34 heavy (non-hydrogen) atoms. The van der Waals surface area contributed by atoms with Gasteiger partial charge >= 0.3 is 0 Å². The molecular formula is C28H26N4O2. The fraction of sp³-hybridized carbons (Fsp3) is 0.250. The van der Waals surface area contributed by atoms with E-state index in [9.17, 15) is 0 Å². The molecule has 1 fully saturated rings. The lowest BCUT2D eigenvalue weighted by Gasteiger charge is -2.36. The third kappa shape index (κ3) is 4.07. The first-order chi connectivity index (χ1) is 16.6. The summed E-state index contributed by atoms with van der Waals surface area (Å²) in [4.78, 5) is 11.7. The van der Waals surface area contributed by atoms with Gasteiger partial charge in [-0.05, 0) is 49.7 Å². The Balaban J connectivity index is 1.52. The van der Waals surface area contributed by atoms with E-state index in [1.807, 2.05) is 24.4 Å². The summed E-state index contributed by atoms with van der Waals surface area (Å²) in [6.45, 7) is 6.00. The zero-order valence-electron chi connectivity index (χ0n) is 19.5. The Hall–Kier alpha value is -3.95. The van der Waals surface area contributed by atoms with Crippen molar-refractivity contribution in [1.82, 2.24) is 9.97 Å². The standard InChI is InChI=1S/C28H26N4O2/c1-18-16-32(17-19(2)34-18)23-10-8-21(9-11-23)25-15-31-27-24(28(25)33-3)12-13-30-26(27)22-6-4-20(14-29)5-7-22/h4-13,15,18-19H,16-17H2,1-3H3. The van der Waals surface area contributed by atoms with Crippen LogP contribution in [0.15, 0.2) is 67.0 Å². The molecule has 3 heterocycles. The quantitative estimate of drug-likeness (QED) is 0.411. The summed E-state index contributed by atoms with van der Waals surface area (Å²) >= 11 is 0. The molecule has 2 aromatic heterocycles. The summed E-state index contributed by atoms with van der Waals surface area (Å²) < 4.78 is 11.7. The molecule has 0 saturated carbocycles. The van der Waals surface area contributed by atoms with E-state index in [-0.39, 0.29) is 12.2 Å². The summed E-state index contributed by atoms with van der Waals surface area (Å²) in [6, 6.07) is 20.0. The zero-order chi connectivity index (χ0) is 23.7. The highest BCUT2D eigenvalue weighted by Gasteiger charge is 2.22. The van der Waals surface area contributed by atoms with Crippen LogP contribution in [0.4, 0.5) is 5.69 Å². The Morgan fingerprint density at radius 1 is 0.941 bits per heavy atom. The van der Waals surface area contributed by atoms with Crippen LogP contribution in [0.5, 0.6) is 5.75 Å². The van der Waals surface area contributed by atoms with Crippen molar-refractivity contribution in [2.75, 3.05) is 25.1 Å². The molecule has 0 aliphatic carbocycles. The molecule has 1 aliphatic heterocycles. The maximum Gasteiger partial charge on any atom is 0.137 e. The SMILES string of the molecule is COc1c(-c2ccc(N3CC(C)OC(C)C3)cc2)cnc2c(-c3ccc(C#N)cc3)nccc12. The molecule has 1 aliphatic rings. The number of morpholine rings is 1. The molecule has 5 rings (SSSR count). The summed E-state index contributed by atoms with van der Waals surface area (Å²) in [7, 11) is 1.69. The Bertz CT molecular complexity index is 1350. The summed E-state index contributed by atoms with van der Waals surface area (Å²) in [5.74, 6) is 0.767. The molecule has 0 bridgehead atoms. The number of benzene rings is 2. The van der Waals surface area contributed by atoms with E-state index in [4.69, 9.17) is 19.7 Å². The molecule has 2 atom stereocenters. The van der Waals surface area contributed by atoms with Gasteiger partial charge in [0.1, 0.15) is 11.3 Å². The zero-order valence-corrected chi connectivity index (χ0v) is 19.5. The number of anilines is 1. The third-order valence-corrected chi connectivity index (χ3v) is 6.19. The van der Waals surface area contributed by atoms with Crippen LogP contribution in [0.3, 0.4) is 0 Å². The van der Waals surface area contributed by atoms with E-state index in [1.165, 1.54) is 5.69 Å². The first-order valence-corrected chi connectivity index (χ1v) is 11.4. The van der Waals surface area contributed by atoms with Gasteiger partial charge in [-0.25, -0.2) is 0 Å². The van der Waals surface area contributed by atoms with Crippen molar-refractivity contribution in [2.45, 2.75) is 26.1 Å². The number of nitriles is 1. The van der Waals surface area contributed by atoms with Gasteiger partial charge in [0.2, 0.25) is 0 Å². The second-order valence-corrected chi connectivity index (χ2v) is 8.66. The van der Waals surface area contributed by atoms with E-state index in [1.54, 1.807) is 25.4 Å². The molecule has 6 heteroatoms. The number of methoxy groups -OCH3 is 1. The molecule has 170 valence electrons. The van der Waals surface area contributed by atoms with Gasteiger partial charge < -0.3 is 14.4 Å². The molecule has 0 amide bonds. The van der Waals surface area contributed by atoms with Gasteiger partial charge in [0, 0.05) is 47.7 Å². The van der Waals surface area contributed by atoms with Gasteiger partial charge in [0.15, 0.2) is 0 Å². The van der Waals surface area contributed by atoms with Crippen LogP contribution < -0.4 is 9.64 Å². The smallest absolute Gasteiger partial charge is 0.137 e. The molecule has 2 unspecified atom stereocenters. The van der Waals surface area contributed by atoms with Gasteiger partial charge in [0.05, 0.1) is 36.6 Å². The lowest BCUT2D eigenvalue weighted by Crippen LogP contribution is -2.45. The first-order valence-electron chi connectivity index (χ1n) is 11.4. The van der Waals surface area contributed by atoms with Gasteiger partial charge in [-0.3, -0.25) is 9.97 Å². The lowest BCUT2D eigenvalue weighted by molar-refractivity contribution is -0.00521. The van der Waals surface area contributed by atoms with Crippen molar-refractivity contribution in [3.63, 3.8) is 0 Å². The highest BCUT2D eigenvalue weighted by atomic mass is 16.5. The van der Waals surface area contributed by atoms with Crippen LogP contribution in [0.1, 0.15) is 19.4 Å². The molecule has 2 aromatic carbocycles. The number of hydrogen-bond donors (Lipinski definition) is 0.